The predicted octanol–water partition coefficient (Wildman–Crippen LogP) is 4.02. The maximum absolute atomic E-state index is 12.9. The first-order valence-electron chi connectivity index (χ1n) is 15.6. The minimum atomic E-state index is -2.17. The minimum absolute atomic E-state index is 0.195. The highest BCUT2D eigenvalue weighted by Crippen LogP contribution is 2.44. The molecule has 48 heavy (non-hydrogen) atoms. The van der Waals surface area contributed by atoms with Crippen LogP contribution in [0.2, 0.25) is 0 Å². The summed E-state index contributed by atoms with van der Waals surface area (Å²) in [4.78, 5) is 38.7. The molecule has 1 aliphatic heterocycles. The third-order valence-corrected chi connectivity index (χ3v) is 9.87. The zero-order chi connectivity index (χ0) is 34.3. The maximum atomic E-state index is 12.9. The molecule has 0 aliphatic carbocycles. The second-order valence-electron chi connectivity index (χ2n) is 11.7. The molecule has 5 rings (SSSR count). The highest BCUT2D eigenvalue weighted by atomic mass is 31.2. The summed E-state index contributed by atoms with van der Waals surface area (Å²) in [6.07, 6.45) is -0.180. The van der Waals surface area contributed by atoms with Gasteiger partial charge in [0, 0.05) is 51.8 Å². The van der Waals surface area contributed by atoms with Crippen LogP contribution in [0.1, 0.15) is 41.3 Å². The Morgan fingerprint density at radius 1 is 1.04 bits per heavy atom. The lowest BCUT2D eigenvalue weighted by molar-refractivity contribution is -0.0208. The quantitative estimate of drug-likeness (QED) is 0.102. The average Bonchev–Trinajstić information content (AvgIpc) is 3.49. The topological polar surface area (TPSA) is 145 Å². The molecule has 0 saturated carbocycles. The zero-order valence-electron chi connectivity index (χ0n) is 27.4. The van der Waals surface area contributed by atoms with Gasteiger partial charge in [0.05, 0.1) is 30.9 Å². The predicted molar refractivity (Wildman–Crippen MR) is 183 cm³/mol. The Morgan fingerprint density at radius 2 is 1.65 bits per heavy atom. The number of H-pyrrole nitrogens is 1. The molecule has 12 nitrogen and oxygen atoms in total. The van der Waals surface area contributed by atoms with Crippen LogP contribution in [-0.4, -0.2) is 70.7 Å². The molecule has 0 amide bonds. The van der Waals surface area contributed by atoms with Gasteiger partial charge in [0.1, 0.15) is 12.0 Å². The van der Waals surface area contributed by atoms with Gasteiger partial charge in [-0.05, 0) is 35.7 Å². The van der Waals surface area contributed by atoms with E-state index in [1.165, 1.54) is 10.8 Å². The SMILES string of the molecule is COc1ccc(C(NC[C@H]2O[C@@H](n3cc(C)c(=O)[nH]c3=O)C[C@@H]2OP(O)N(CCC#N)N(C)C)(c2ccccc2)c2ccccc2)cc1. The van der Waals surface area contributed by atoms with Gasteiger partial charge in [-0.2, -0.15) is 10.0 Å². The molecule has 13 heteroatoms. The summed E-state index contributed by atoms with van der Waals surface area (Å²) in [5, 5.41) is 14.7. The number of hydrazine groups is 1. The number of hydrogen-bond acceptors (Lipinski definition) is 10. The molecule has 1 saturated heterocycles. The van der Waals surface area contributed by atoms with Crippen molar-refractivity contribution in [3.63, 3.8) is 0 Å². The maximum Gasteiger partial charge on any atom is 0.330 e. The Morgan fingerprint density at radius 3 is 2.21 bits per heavy atom. The summed E-state index contributed by atoms with van der Waals surface area (Å²) in [6, 6.07) is 30.2. The van der Waals surface area contributed by atoms with E-state index in [1.807, 2.05) is 60.7 Å². The van der Waals surface area contributed by atoms with Crippen molar-refractivity contribution in [2.75, 3.05) is 34.3 Å². The minimum Gasteiger partial charge on any atom is -0.497 e. The number of hydrogen-bond donors (Lipinski definition) is 3. The van der Waals surface area contributed by atoms with E-state index in [-0.39, 0.29) is 25.9 Å². The smallest absolute Gasteiger partial charge is 0.330 e. The monoisotopic (exact) mass is 672 g/mol. The molecule has 4 atom stereocenters. The molecule has 3 aromatic carbocycles. The van der Waals surface area contributed by atoms with Gasteiger partial charge in [-0.1, -0.05) is 72.8 Å². The van der Waals surface area contributed by atoms with Crippen LogP contribution < -0.4 is 21.3 Å². The van der Waals surface area contributed by atoms with Crippen molar-refractivity contribution in [1.82, 2.24) is 24.7 Å². The number of rotatable bonds is 14. The molecule has 0 bridgehead atoms. The molecule has 0 radical (unpaired) electrons. The number of aromatic amines is 1. The highest BCUT2D eigenvalue weighted by molar-refractivity contribution is 7.43. The molecular formula is C35H41N6O6P. The Labute approximate surface area is 281 Å². The molecule has 1 aliphatic rings. The third-order valence-electron chi connectivity index (χ3n) is 8.45. The fraction of sp³-hybridized carbons (Fsp3) is 0.343. The van der Waals surface area contributed by atoms with E-state index in [4.69, 9.17) is 14.0 Å². The summed E-state index contributed by atoms with van der Waals surface area (Å²) in [5.74, 6) is 0.726. The first-order valence-corrected chi connectivity index (χ1v) is 16.8. The summed E-state index contributed by atoms with van der Waals surface area (Å²) in [5.41, 5.74) is 1.38. The van der Waals surface area contributed by atoms with Crippen LogP contribution in [-0.2, 0) is 14.8 Å². The van der Waals surface area contributed by atoms with Gasteiger partial charge in [-0.15, -0.1) is 0 Å². The molecule has 4 aromatic rings. The van der Waals surface area contributed by atoms with Crippen LogP contribution in [0.5, 0.6) is 5.75 Å². The van der Waals surface area contributed by atoms with Crippen molar-refractivity contribution in [2.45, 2.75) is 43.7 Å². The third kappa shape index (κ3) is 7.59. The van der Waals surface area contributed by atoms with Crippen LogP contribution in [0, 0.1) is 18.3 Å². The molecule has 252 valence electrons. The van der Waals surface area contributed by atoms with Gasteiger partial charge in [0.15, 0.2) is 0 Å². The number of nitriles is 1. The van der Waals surface area contributed by atoms with Crippen molar-refractivity contribution in [3.05, 3.63) is 134 Å². The summed E-state index contributed by atoms with van der Waals surface area (Å²) in [6.45, 7) is 2.14. The standard InChI is InChI=1S/C35H41N6O6P/c1-25-24-40(34(43)38-33(25)42)32-22-30(47-48(44)41(39(2)3)21-11-20-36)31(46-32)23-37-35(26-12-7-5-8-13-26,27-14-9-6-10-15-27)28-16-18-29(45-4)19-17-28/h5-10,12-19,24,30-32,37,44H,11,21-23H2,1-4H3,(H,38,42,43)/t30-,31+,32+,48?/m0/s1. The fourth-order valence-corrected chi connectivity index (χ4v) is 7.16. The van der Waals surface area contributed by atoms with E-state index >= 15 is 0 Å². The van der Waals surface area contributed by atoms with Crippen LogP contribution in [0.25, 0.3) is 0 Å². The lowest BCUT2D eigenvalue weighted by Crippen LogP contribution is -2.49. The highest BCUT2D eigenvalue weighted by Gasteiger charge is 2.43. The van der Waals surface area contributed by atoms with Crippen LogP contribution in [0.4, 0.5) is 0 Å². The van der Waals surface area contributed by atoms with E-state index in [0.29, 0.717) is 5.56 Å². The van der Waals surface area contributed by atoms with E-state index in [9.17, 15) is 19.7 Å². The van der Waals surface area contributed by atoms with Crippen molar-refractivity contribution in [2.24, 2.45) is 0 Å². The van der Waals surface area contributed by atoms with Crippen molar-refractivity contribution >= 4 is 8.53 Å². The van der Waals surface area contributed by atoms with Crippen LogP contribution in [0.15, 0.2) is 101 Å². The van der Waals surface area contributed by atoms with Crippen LogP contribution in [0.3, 0.4) is 0 Å². The summed E-state index contributed by atoms with van der Waals surface area (Å²) >= 11 is 0. The van der Waals surface area contributed by atoms with Gasteiger partial charge in [0.25, 0.3) is 14.1 Å². The van der Waals surface area contributed by atoms with Gasteiger partial charge < -0.3 is 18.9 Å². The summed E-state index contributed by atoms with van der Waals surface area (Å²) in [7, 11) is 2.99. The van der Waals surface area contributed by atoms with Crippen molar-refractivity contribution < 1.29 is 18.9 Å². The molecule has 3 N–H and O–H groups in total. The summed E-state index contributed by atoms with van der Waals surface area (Å²) < 4.78 is 21.3. The number of ether oxygens (including phenoxy) is 2. The first-order chi connectivity index (χ1) is 23.2. The van der Waals surface area contributed by atoms with E-state index < -0.39 is 43.7 Å². The van der Waals surface area contributed by atoms with Crippen molar-refractivity contribution in [3.8, 4) is 11.8 Å². The lowest BCUT2D eigenvalue weighted by Gasteiger charge is -2.38. The number of aromatic nitrogens is 2. The Kier molecular flexibility index (Phi) is 11.6. The molecule has 1 fully saturated rings. The van der Waals surface area contributed by atoms with Gasteiger partial charge in [-0.3, -0.25) is 19.7 Å². The Hall–Kier alpha value is -4.18. The average molecular weight is 673 g/mol. The lowest BCUT2D eigenvalue weighted by atomic mass is 9.77. The van der Waals surface area contributed by atoms with Gasteiger partial charge in [0.2, 0.25) is 0 Å². The largest absolute Gasteiger partial charge is 0.497 e. The molecule has 2 heterocycles. The van der Waals surface area contributed by atoms with Gasteiger partial charge in [-0.25, -0.2) is 9.80 Å². The number of benzene rings is 3. The molecule has 1 unspecified atom stereocenters. The van der Waals surface area contributed by atoms with Crippen molar-refractivity contribution in [1.29, 1.82) is 5.26 Å². The number of nitrogens with one attached hydrogen (secondary N) is 2. The Bertz CT molecular complexity index is 1760. The Balaban J connectivity index is 1.55. The number of aryl methyl sites for hydroxylation is 1. The van der Waals surface area contributed by atoms with E-state index in [2.05, 4.69) is 40.6 Å². The molecule has 1 aromatic heterocycles. The van der Waals surface area contributed by atoms with Crippen LogP contribution >= 0.6 is 8.53 Å². The number of methoxy groups -OCH3 is 1. The second-order valence-corrected chi connectivity index (χ2v) is 12.9. The second kappa shape index (κ2) is 15.8. The number of nitrogens with zero attached hydrogens (tertiary/aromatic N) is 4. The van der Waals surface area contributed by atoms with E-state index in [0.717, 1.165) is 22.4 Å². The normalized spacial score (nSPS) is 18.6. The molecular weight excluding hydrogens is 631 g/mol. The fourth-order valence-electron chi connectivity index (χ4n) is 6.01. The zero-order valence-corrected chi connectivity index (χ0v) is 28.3. The first kappa shape index (κ1) is 35.1. The van der Waals surface area contributed by atoms with E-state index in [1.54, 1.807) is 37.9 Å². The molecule has 0 spiro atoms. The van der Waals surface area contributed by atoms with Gasteiger partial charge >= 0.3 is 5.69 Å².